The molecule has 9 heteroatoms. The van der Waals surface area contributed by atoms with Crippen molar-refractivity contribution in [3.63, 3.8) is 0 Å². The largest absolute Gasteiger partial charge is 0.507 e. The number of likely N-dealkylation sites (tertiary alicyclic amines) is 1. The molecule has 1 aliphatic rings. The number of nitrogens with two attached hydrogens (primary N) is 1. The average molecular weight is 523 g/mol. The number of rotatable bonds is 15. The van der Waals surface area contributed by atoms with E-state index >= 15 is 0 Å². The number of aliphatic carboxylic acids is 1. The molecule has 9 nitrogen and oxygen atoms in total. The minimum Gasteiger partial charge on any atom is -0.507 e. The molecule has 3 heterocycles. The molecule has 3 aromatic rings. The monoisotopic (exact) mass is 522 g/mol. The number of hydrogen-bond acceptors (Lipinski definition) is 7. The standard InChI is InChI=1S/C29H42N6O3/c30-29-28-25(21-24(31-32-28)23-13-10-11-14-26(23)36)35(33-29)22-16-19-34(20-17-22)18-12-8-6-4-2-1-3-5-7-9-15-27(37)38/h10-11,13-14,21-22,36H,1-9,12,15-20H2,(H2,30,33)(H,37,38). The van der Waals surface area contributed by atoms with Crippen LogP contribution in [0.4, 0.5) is 5.82 Å². The summed E-state index contributed by atoms with van der Waals surface area (Å²) in [6.45, 7) is 3.26. The molecule has 0 radical (unpaired) electrons. The van der Waals surface area contributed by atoms with E-state index in [9.17, 15) is 9.90 Å². The van der Waals surface area contributed by atoms with Crippen molar-refractivity contribution in [1.29, 1.82) is 0 Å². The van der Waals surface area contributed by atoms with E-state index in [0.29, 0.717) is 29.0 Å². The fourth-order valence-electron chi connectivity index (χ4n) is 5.47. The fraction of sp³-hybridized carbons (Fsp3) is 0.586. The molecule has 0 atom stereocenters. The summed E-state index contributed by atoms with van der Waals surface area (Å²) in [4.78, 5) is 13.1. The topological polar surface area (TPSA) is 130 Å². The molecule has 206 valence electrons. The molecule has 0 aliphatic carbocycles. The number of nitrogens with zero attached hydrogens (tertiary/aromatic N) is 5. The van der Waals surface area contributed by atoms with E-state index in [4.69, 9.17) is 10.8 Å². The Morgan fingerprint density at radius 1 is 0.921 bits per heavy atom. The first-order valence-electron chi connectivity index (χ1n) is 14.3. The van der Waals surface area contributed by atoms with Crippen molar-refractivity contribution in [3.05, 3.63) is 30.3 Å². The van der Waals surface area contributed by atoms with Crippen LogP contribution in [-0.4, -0.2) is 60.7 Å². The molecular formula is C29H42N6O3. The summed E-state index contributed by atoms with van der Waals surface area (Å²) in [7, 11) is 0. The van der Waals surface area contributed by atoms with Crippen molar-refractivity contribution in [3.8, 4) is 17.0 Å². The molecular weight excluding hydrogens is 480 g/mol. The van der Waals surface area contributed by atoms with Gasteiger partial charge in [-0.2, -0.15) is 5.10 Å². The van der Waals surface area contributed by atoms with Crippen molar-refractivity contribution in [1.82, 2.24) is 24.9 Å². The Morgan fingerprint density at radius 3 is 2.21 bits per heavy atom. The second kappa shape index (κ2) is 14.1. The number of carboxylic acids is 1. The molecule has 4 rings (SSSR count). The first-order valence-corrected chi connectivity index (χ1v) is 14.3. The lowest BCUT2D eigenvalue weighted by Gasteiger charge is -2.32. The molecule has 0 saturated carbocycles. The van der Waals surface area contributed by atoms with Gasteiger partial charge in [-0.3, -0.25) is 9.48 Å². The Bertz CT molecular complexity index is 1170. The smallest absolute Gasteiger partial charge is 0.303 e. The minimum atomic E-state index is -0.679. The van der Waals surface area contributed by atoms with E-state index in [0.717, 1.165) is 57.3 Å². The molecule has 0 spiro atoms. The van der Waals surface area contributed by atoms with Crippen molar-refractivity contribution < 1.29 is 15.0 Å². The van der Waals surface area contributed by atoms with Crippen LogP contribution in [0.15, 0.2) is 30.3 Å². The van der Waals surface area contributed by atoms with E-state index in [1.165, 1.54) is 44.9 Å². The zero-order chi connectivity index (χ0) is 26.7. The van der Waals surface area contributed by atoms with Gasteiger partial charge in [0.1, 0.15) is 5.75 Å². The molecule has 2 aromatic heterocycles. The molecule has 0 bridgehead atoms. The van der Waals surface area contributed by atoms with Gasteiger partial charge < -0.3 is 20.8 Å². The minimum absolute atomic E-state index is 0.179. The Kier molecular flexibility index (Phi) is 10.3. The van der Waals surface area contributed by atoms with Crippen LogP contribution >= 0.6 is 0 Å². The highest BCUT2D eigenvalue weighted by molar-refractivity contribution is 5.87. The zero-order valence-corrected chi connectivity index (χ0v) is 22.4. The number of nitrogen functional groups attached to an aromatic ring is 1. The Labute approximate surface area is 225 Å². The van der Waals surface area contributed by atoms with Crippen LogP contribution < -0.4 is 5.73 Å². The van der Waals surface area contributed by atoms with E-state index in [1.807, 2.05) is 22.9 Å². The lowest BCUT2D eigenvalue weighted by molar-refractivity contribution is -0.137. The number of fused-ring (bicyclic) bond motifs is 1. The summed E-state index contributed by atoms with van der Waals surface area (Å²) in [5.41, 5.74) is 8.93. The first-order chi connectivity index (χ1) is 18.5. The van der Waals surface area contributed by atoms with Gasteiger partial charge in [-0.05, 0) is 50.4 Å². The zero-order valence-electron chi connectivity index (χ0n) is 22.4. The van der Waals surface area contributed by atoms with E-state index in [-0.39, 0.29) is 11.8 Å². The molecule has 38 heavy (non-hydrogen) atoms. The van der Waals surface area contributed by atoms with Gasteiger partial charge >= 0.3 is 5.97 Å². The second-order valence-electron chi connectivity index (χ2n) is 10.6. The third-order valence-electron chi connectivity index (χ3n) is 7.68. The van der Waals surface area contributed by atoms with Gasteiger partial charge in [0, 0.05) is 25.1 Å². The van der Waals surface area contributed by atoms with Gasteiger partial charge in [-0.15, -0.1) is 10.2 Å². The number of hydrogen-bond donors (Lipinski definition) is 3. The number of para-hydroxylation sites is 1. The lowest BCUT2D eigenvalue weighted by atomic mass is 10.0. The number of phenolic OH excluding ortho intramolecular Hbond substituents is 1. The van der Waals surface area contributed by atoms with E-state index < -0.39 is 5.97 Å². The Hall–Kier alpha value is -3.20. The predicted octanol–water partition coefficient (Wildman–Crippen LogP) is 5.79. The highest BCUT2D eigenvalue weighted by atomic mass is 16.4. The first kappa shape index (κ1) is 27.8. The molecule has 1 fully saturated rings. The molecule has 0 amide bonds. The summed E-state index contributed by atoms with van der Waals surface area (Å²) < 4.78 is 2.02. The number of piperidine rings is 1. The quantitative estimate of drug-likeness (QED) is 0.214. The van der Waals surface area contributed by atoms with Crippen molar-refractivity contribution in [2.45, 2.75) is 89.5 Å². The maximum Gasteiger partial charge on any atom is 0.303 e. The molecule has 1 aromatic carbocycles. The fourth-order valence-corrected chi connectivity index (χ4v) is 5.47. The highest BCUT2D eigenvalue weighted by Gasteiger charge is 2.24. The van der Waals surface area contributed by atoms with Crippen LogP contribution in [0.1, 0.15) is 89.5 Å². The Balaban J connectivity index is 1.16. The maximum absolute atomic E-state index is 10.5. The van der Waals surface area contributed by atoms with E-state index in [1.54, 1.807) is 12.1 Å². The van der Waals surface area contributed by atoms with Gasteiger partial charge in [0.15, 0.2) is 11.3 Å². The van der Waals surface area contributed by atoms with Crippen LogP contribution in [-0.2, 0) is 4.79 Å². The lowest BCUT2D eigenvalue weighted by Crippen LogP contribution is -2.35. The summed E-state index contributed by atoms with van der Waals surface area (Å²) in [5.74, 6) is -0.100. The van der Waals surface area contributed by atoms with Crippen molar-refractivity contribution in [2.24, 2.45) is 0 Å². The number of benzene rings is 1. The van der Waals surface area contributed by atoms with Gasteiger partial charge in [0.05, 0.1) is 17.3 Å². The maximum atomic E-state index is 10.5. The molecule has 1 saturated heterocycles. The number of aromatic nitrogens is 4. The number of unbranched alkanes of at least 4 members (excludes halogenated alkanes) is 9. The van der Waals surface area contributed by atoms with Crippen LogP contribution in [0.25, 0.3) is 22.3 Å². The second-order valence-corrected chi connectivity index (χ2v) is 10.6. The highest BCUT2D eigenvalue weighted by Crippen LogP contribution is 2.32. The van der Waals surface area contributed by atoms with Crippen LogP contribution in [0.3, 0.4) is 0 Å². The number of carboxylic acid groups (broad SMARTS) is 1. The van der Waals surface area contributed by atoms with E-state index in [2.05, 4.69) is 20.2 Å². The summed E-state index contributed by atoms with van der Waals surface area (Å²) >= 11 is 0. The van der Waals surface area contributed by atoms with Crippen molar-refractivity contribution >= 4 is 22.8 Å². The number of aromatic hydroxyl groups is 1. The van der Waals surface area contributed by atoms with Gasteiger partial charge in [0.2, 0.25) is 0 Å². The predicted molar refractivity (Wildman–Crippen MR) is 150 cm³/mol. The average Bonchev–Trinajstić information content (AvgIpc) is 3.25. The molecule has 4 N–H and O–H groups in total. The number of phenols is 1. The SMILES string of the molecule is Nc1nn(C2CCN(CCCCCCCCCCCCC(=O)O)CC2)c2cc(-c3ccccc3O)nnc12. The van der Waals surface area contributed by atoms with Gasteiger partial charge in [-0.1, -0.05) is 63.5 Å². The van der Waals surface area contributed by atoms with Crippen LogP contribution in [0, 0.1) is 0 Å². The number of carbonyl (C=O) groups is 1. The Morgan fingerprint density at radius 2 is 1.55 bits per heavy atom. The summed E-state index contributed by atoms with van der Waals surface area (Å²) in [6.07, 6.45) is 14.3. The van der Waals surface area contributed by atoms with Crippen LogP contribution in [0.5, 0.6) is 5.75 Å². The normalized spacial score (nSPS) is 14.8. The third-order valence-corrected chi connectivity index (χ3v) is 7.68. The summed E-state index contributed by atoms with van der Waals surface area (Å²) in [5, 5.41) is 32.1. The van der Waals surface area contributed by atoms with Gasteiger partial charge in [0.25, 0.3) is 0 Å². The third kappa shape index (κ3) is 7.66. The molecule has 1 aliphatic heterocycles. The number of anilines is 1. The summed E-state index contributed by atoms with van der Waals surface area (Å²) in [6, 6.07) is 9.36. The van der Waals surface area contributed by atoms with Gasteiger partial charge in [-0.25, -0.2) is 0 Å². The van der Waals surface area contributed by atoms with Crippen molar-refractivity contribution in [2.75, 3.05) is 25.4 Å². The molecule has 0 unspecified atom stereocenters. The van der Waals surface area contributed by atoms with Crippen LogP contribution in [0.2, 0.25) is 0 Å².